The maximum absolute atomic E-state index is 10.6. The summed E-state index contributed by atoms with van der Waals surface area (Å²) in [6.07, 6.45) is -0.0913. The Balaban J connectivity index is 1.62. The summed E-state index contributed by atoms with van der Waals surface area (Å²) in [6.45, 7) is 5.50. The molecule has 0 radical (unpaired) electrons. The van der Waals surface area contributed by atoms with Crippen LogP contribution in [0.3, 0.4) is 0 Å². The molecule has 0 aliphatic carbocycles. The summed E-state index contributed by atoms with van der Waals surface area (Å²) in [5.41, 5.74) is 1.93. The number of morpholine rings is 1. The van der Waals surface area contributed by atoms with E-state index in [1.807, 2.05) is 30.3 Å². The van der Waals surface area contributed by atoms with E-state index in [0.717, 1.165) is 35.7 Å². The van der Waals surface area contributed by atoms with Crippen molar-refractivity contribution >= 4 is 0 Å². The van der Waals surface area contributed by atoms with Crippen LogP contribution in [0.25, 0.3) is 0 Å². The van der Waals surface area contributed by atoms with Gasteiger partial charge in [0.25, 0.3) is 0 Å². The maximum atomic E-state index is 10.6. The zero-order valence-corrected chi connectivity index (χ0v) is 15.3. The average molecular weight is 369 g/mol. The summed E-state index contributed by atoms with van der Waals surface area (Å²) in [5.74, 6) is 2.68. The highest BCUT2D eigenvalue weighted by Gasteiger charge is 2.41. The van der Waals surface area contributed by atoms with Gasteiger partial charge in [-0.25, -0.2) is 0 Å². The second kappa shape index (κ2) is 6.62. The van der Waals surface area contributed by atoms with Crippen LogP contribution in [0.2, 0.25) is 0 Å². The fourth-order valence-corrected chi connectivity index (χ4v) is 4.41. The number of aromatic hydroxyl groups is 1. The van der Waals surface area contributed by atoms with Crippen LogP contribution >= 0.6 is 0 Å². The Kier molecular flexibility index (Phi) is 4.10. The van der Waals surface area contributed by atoms with E-state index in [0.29, 0.717) is 24.7 Å². The number of ether oxygens (including phenoxy) is 4. The normalized spacial score (nSPS) is 27.1. The third-order valence-corrected chi connectivity index (χ3v) is 5.74. The van der Waals surface area contributed by atoms with E-state index in [1.165, 1.54) is 0 Å². The highest BCUT2D eigenvalue weighted by molar-refractivity contribution is 5.57. The van der Waals surface area contributed by atoms with Crippen LogP contribution in [0.1, 0.15) is 24.0 Å². The molecule has 0 unspecified atom stereocenters. The molecule has 0 spiro atoms. The topological polar surface area (TPSA) is 60.4 Å². The van der Waals surface area contributed by atoms with Gasteiger partial charge in [0.15, 0.2) is 17.7 Å². The average Bonchev–Trinajstić information content (AvgIpc) is 3.15. The van der Waals surface area contributed by atoms with Crippen molar-refractivity contribution in [3.63, 3.8) is 0 Å². The molecule has 0 amide bonds. The molecule has 6 heteroatoms. The number of benzene rings is 2. The van der Waals surface area contributed by atoms with E-state index in [2.05, 4.69) is 11.8 Å². The molecule has 3 aliphatic heterocycles. The predicted molar refractivity (Wildman–Crippen MR) is 98.5 cm³/mol. The molecular weight excluding hydrogens is 346 g/mol. The van der Waals surface area contributed by atoms with Crippen LogP contribution in [-0.4, -0.2) is 49.3 Å². The van der Waals surface area contributed by atoms with Crippen LogP contribution in [0.4, 0.5) is 0 Å². The number of hydrogen-bond acceptors (Lipinski definition) is 6. The molecule has 3 atom stereocenters. The summed E-state index contributed by atoms with van der Waals surface area (Å²) in [5, 5.41) is 10.6. The molecule has 0 bridgehead atoms. The number of phenols is 1. The minimum atomic E-state index is -0.0913. The Morgan fingerprint density at radius 3 is 2.48 bits per heavy atom. The number of hydrogen-bond donors (Lipinski definition) is 1. The van der Waals surface area contributed by atoms with Gasteiger partial charge in [-0.1, -0.05) is 25.1 Å². The Morgan fingerprint density at radius 1 is 0.963 bits per heavy atom. The summed E-state index contributed by atoms with van der Waals surface area (Å²) >= 11 is 0. The minimum absolute atomic E-state index is 0.00250. The number of fused-ring (bicyclic) bond motifs is 2. The van der Waals surface area contributed by atoms with E-state index in [-0.39, 0.29) is 24.9 Å². The largest absolute Gasteiger partial charge is 0.508 e. The first-order valence-corrected chi connectivity index (χ1v) is 9.42. The maximum Gasteiger partial charge on any atom is 0.231 e. The van der Waals surface area contributed by atoms with E-state index < -0.39 is 0 Å². The molecule has 5 rings (SSSR count). The molecule has 1 fully saturated rings. The monoisotopic (exact) mass is 369 g/mol. The second-order valence-electron chi connectivity index (χ2n) is 7.30. The summed E-state index contributed by atoms with van der Waals surface area (Å²) in [4.78, 5) is 2.33. The van der Waals surface area contributed by atoms with Gasteiger partial charge in [0, 0.05) is 42.1 Å². The third-order valence-electron chi connectivity index (χ3n) is 5.74. The summed E-state index contributed by atoms with van der Waals surface area (Å²) in [7, 11) is 0. The van der Waals surface area contributed by atoms with Gasteiger partial charge in [-0.3, -0.25) is 4.90 Å². The molecular formula is C21H23NO5. The molecule has 0 saturated carbocycles. The molecule has 1 saturated heterocycles. The van der Waals surface area contributed by atoms with Crippen LogP contribution in [0.15, 0.2) is 36.4 Å². The lowest BCUT2D eigenvalue weighted by molar-refractivity contribution is -0.0785. The van der Waals surface area contributed by atoms with E-state index in [9.17, 15) is 5.11 Å². The summed E-state index contributed by atoms with van der Waals surface area (Å²) < 4.78 is 23.1. The number of phenolic OH excluding ortho intramolecular Hbond substituents is 1. The SMILES string of the molecule is C[C@@H]1[C@@H](c2ccccc2O)c2cc3c(cc2O[C@@H]1N1CCOCC1)OCO3. The van der Waals surface area contributed by atoms with Crippen molar-refractivity contribution in [3.05, 3.63) is 47.5 Å². The van der Waals surface area contributed by atoms with Gasteiger partial charge in [0.2, 0.25) is 6.79 Å². The molecule has 3 heterocycles. The lowest BCUT2D eigenvalue weighted by atomic mass is 9.77. The van der Waals surface area contributed by atoms with E-state index >= 15 is 0 Å². The highest BCUT2D eigenvalue weighted by Crippen LogP contribution is 2.51. The number of nitrogens with zero attached hydrogens (tertiary/aromatic N) is 1. The Bertz CT molecular complexity index is 848. The van der Waals surface area contributed by atoms with Crippen molar-refractivity contribution in [1.82, 2.24) is 4.90 Å². The molecule has 1 N–H and O–H groups in total. The number of para-hydroxylation sites is 1. The smallest absolute Gasteiger partial charge is 0.231 e. The third kappa shape index (κ3) is 2.80. The first kappa shape index (κ1) is 16.7. The molecule has 142 valence electrons. The standard InChI is InChI=1S/C21H23NO5/c1-13-20(14-4-2-3-5-16(14)23)15-10-18-19(26-12-25-18)11-17(15)27-21(13)22-6-8-24-9-7-22/h2-5,10-11,13,20-21,23H,6-9,12H2,1H3/t13-,20+,21+/m1/s1. The molecule has 3 aliphatic rings. The van der Waals surface area contributed by atoms with Crippen LogP contribution in [-0.2, 0) is 4.74 Å². The predicted octanol–water partition coefficient (Wildman–Crippen LogP) is 2.94. The van der Waals surface area contributed by atoms with Crippen molar-refractivity contribution < 1.29 is 24.1 Å². The fourth-order valence-electron chi connectivity index (χ4n) is 4.41. The lowest BCUT2D eigenvalue weighted by Gasteiger charge is -2.44. The summed E-state index contributed by atoms with van der Waals surface area (Å²) in [6, 6.07) is 11.5. The van der Waals surface area contributed by atoms with Crippen molar-refractivity contribution in [2.45, 2.75) is 19.1 Å². The van der Waals surface area contributed by atoms with Gasteiger partial charge in [0.1, 0.15) is 11.5 Å². The van der Waals surface area contributed by atoms with Gasteiger partial charge < -0.3 is 24.1 Å². The zero-order valence-electron chi connectivity index (χ0n) is 15.3. The second-order valence-corrected chi connectivity index (χ2v) is 7.30. The van der Waals surface area contributed by atoms with Crippen molar-refractivity contribution in [3.8, 4) is 23.0 Å². The molecule has 27 heavy (non-hydrogen) atoms. The molecule has 2 aromatic rings. The van der Waals surface area contributed by atoms with Crippen LogP contribution in [0, 0.1) is 5.92 Å². The lowest BCUT2D eigenvalue weighted by Crippen LogP contribution is -2.52. The fraction of sp³-hybridized carbons (Fsp3) is 0.429. The minimum Gasteiger partial charge on any atom is -0.508 e. The Labute approximate surface area is 158 Å². The van der Waals surface area contributed by atoms with Crippen LogP contribution in [0.5, 0.6) is 23.0 Å². The van der Waals surface area contributed by atoms with Crippen molar-refractivity contribution in [2.75, 3.05) is 33.1 Å². The molecule has 0 aromatic heterocycles. The molecule has 2 aromatic carbocycles. The van der Waals surface area contributed by atoms with Gasteiger partial charge >= 0.3 is 0 Å². The Morgan fingerprint density at radius 2 is 1.70 bits per heavy atom. The number of rotatable bonds is 2. The first-order valence-electron chi connectivity index (χ1n) is 9.42. The van der Waals surface area contributed by atoms with Gasteiger partial charge in [-0.2, -0.15) is 0 Å². The van der Waals surface area contributed by atoms with E-state index in [1.54, 1.807) is 6.07 Å². The highest BCUT2D eigenvalue weighted by atomic mass is 16.7. The quantitative estimate of drug-likeness (QED) is 0.878. The Hall–Kier alpha value is -2.44. The van der Waals surface area contributed by atoms with Gasteiger partial charge in [-0.15, -0.1) is 0 Å². The zero-order chi connectivity index (χ0) is 18.4. The molecule has 6 nitrogen and oxygen atoms in total. The van der Waals surface area contributed by atoms with E-state index in [4.69, 9.17) is 18.9 Å². The van der Waals surface area contributed by atoms with Crippen LogP contribution < -0.4 is 14.2 Å². The van der Waals surface area contributed by atoms with Crippen molar-refractivity contribution in [1.29, 1.82) is 0 Å². The first-order chi connectivity index (χ1) is 13.2. The van der Waals surface area contributed by atoms with Crippen molar-refractivity contribution in [2.24, 2.45) is 5.92 Å². The van der Waals surface area contributed by atoms with Gasteiger partial charge in [-0.05, 0) is 12.1 Å². The van der Waals surface area contributed by atoms with Gasteiger partial charge in [0.05, 0.1) is 13.2 Å².